The molecule has 0 aromatic heterocycles. The van der Waals surface area contributed by atoms with Crippen LogP contribution < -0.4 is 10.6 Å². The SMILES string of the molecule is C=CCNC(=O)CN1C(=O)NC2(CC(C)CC(C)(C)C2)C1=O. The van der Waals surface area contributed by atoms with Crippen LogP contribution in [0.5, 0.6) is 0 Å². The second kappa shape index (κ2) is 5.74. The average Bonchev–Trinajstić information content (AvgIpc) is 2.58. The van der Waals surface area contributed by atoms with Gasteiger partial charge in [-0.25, -0.2) is 4.79 Å². The van der Waals surface area contributed by atoms with Gasteiger partial charge in [0.25, 0.3) is 5.91 Å². The second-order valence-electron chi connectivity index (χ2n) is 7.35. The average molecular weight is 307 g/mol. The summed E-state index contributed by atoms with van der Waals surface area (Å²) in [5, 5.41) is 5.44. The normalized spacial score (nSPS) is 30.3. The van der Waals surface area contributed by atoms with E-state index in [9.17, 15) is 14.4 Å². The lowest BCUT2D eigenvalue weighted by Gasteiger charge is -2.43. The van der Waals surface area contributed by atoms with E-state index in [1.165, 1.54) is 0 Å². The zero-order valence-electron chi connectivity index (χ0n) is 13.6. The van der Waals surface area contributed by atoms with Gasteiger partial charge in [0.05, 0.1) is 0 Å². The van der Waals surface area contributed by atoms with Crippen molar-refractivity contribution in [3.63, 3.8) is 0 Å². The molecule has 2 rings (SSSR count). The van der Waals surface area contributed by atoms with Crippen LogP contribution in [0.2, 0.25) is 0 Å². The predicted octanol–water partition coefficient (Wildman–Crippen LogP) is 1.43. The van der Waals surface area contributed by atoms with E-state index in [0.29, 0.717) is 25.3 Å². The summed E-state index contributed by atoms with van der Waals surface area (Å²) in [6, 6.07) is -0.469. The van der Waals surface area contributed by atoms with Gasteiger partial charge in [-0.1, -0.05) is 26.8 Å². The number of nitrogens with zero attached hydrogens (tertiary/aromatic N) is 1. The van der Waals surface area contributed by atoms with Gasteiger partial charge >= 0.3 is 6.03 Å². The quantitative estimate of drug-likeness (QED) is 0.609. The Kier molecular flexibility index (Phi) is 4.31. The highest BCUT2D eigenvalue weighted by Gasteiger charge is 2.56. The van der Waals surface area contributed by atoms with Crippen LogP contribution in [-0.4, -0.2) is 41.4 Å². The van der Waals surface area contributed by atoms with Gasteiger partial charge in [0.15, 0.2) is 0 Å². The lowest BCUT2D eigenvalue weighted by atomic mass is 9.64. The van der Waals surface area contributed by atoms with E-state index in [0.717, 1.165) is 11.3 Å². The number of amides is 4. The molecule has 6 heteroatoms. The molecule has 0 bridgehead atoms. The van der Waals surface area contributed by atoms with Gasteiger partial charge in [-0.05, 0) is 30.6 Å². The minimum Gasteiger partial charge on any atom is -0.351 e. The molecule has 0 radical (unpaired) electrons. The van der Waals surface area contributed by atoms with Crippen molar-refractivity contribution in [1.82, 2.24) is 15.5 Å². The Morgan fingerprint density at radius 1 is 1.45 bits per heavy atom. The summed E-state index contributed by atoms with van der Waals surface area (Å²) in [7, 11) is 0. The van der Waals surface area contributed by atoms with E-state index >= 15 is 0 Å². The molecule has 22 heavy (non-hydrogen) atoms. The summed E-state index contributed by atoms with van der Waals surface area (Å²) in [6.45, 7) is 9.92. The fraction of sp³-hybridized carbons (Fsp3) is 0.688. The Balaban J connectivity index is 2.14. The predicted molar refractivity (Wildman–Crippen MR) is 83.0 cm³/mol. The van der Waals surface area contributed by atoms with Crippen molar-refractivity contribution < 1.29 is 14.4 Å². The van der Waals surface area contributed by atoms with Crippen LogP contribution >= 0.6 is 0 Å². The summed E-state index contributed by atoms with van der Waals surface area (Å²) in [6.07, 6.45) is 3.82. The lowest BCUT2D eigenvalue weighted by Crippen LogP contribution is -2.54. The molecule has 4 amide bonds. The van der Waals surface area contributed by atoms with Crippen molar-refractivity contribution in [1.29, 1.82) is 0 Å². The molecule has 1 heterocycles. The van der Waals surface area contributed by atoms with Crippen LogP contribution in [0.15, 0.2) is 12.7 Å². The van der Waals surface area contributed by atoms with Gasteiger partial charge in [0.2, 0.25) is 5.91 Å². The molecule has 2 unspecified atom stereocenters. The summed E-state index contributed by atoms with van der Waals surface area (Å²) in [5.74, 6) is -0.281. The van der Waals surface area contributed by atoms with Gasteiger partial charge in [0, 0.05) is 6.54 Å². The molecule has 1 spiro atoms. The Morgan fingerprint density at radius 2 is 2.14 bits per heavy atom. The third-order valence-corrected chi connectivity index (χ3v) is 4.37. The van der Waals surface area contributed by atoms with Crippen molar-refractivity contribution in [3.05, 3.63) is 12.7 Å². The maximum absolute atomic E-state index is 12.8. The first-order valence-corrected chi connectivity index (χ1v) is 7.71. The Bertz CT molecular complexity index is 515. The summed E-state index contributed by atoms with van der Waals surface area (Å²) in [4.78, 5) is 37.8. The highest BCUT2D eigenvalue weighted by atomic mass is 16.2. The highest BCUT2D eigenvalue weighted by Crippen LogP contribution is 2.46. The number of carbonyl (C=O) groups is 3. The summed E-state index contributed by atoms with van der Waals surface area (Å²) < 4.78 is 0. The fourth-order valence-electron chi connectivity index (χ4n) is 4.04. The third kappa shape index (κ3) is 3.15. The molecule has 2 aliphatic rings. The third-order valence-electron chi connectivity index (χ3n) is 4.37. The van der Waals surface area contributed by atoms with Crippen LogP contribution in [-0.2, 0) is 9.59 Å². The molecule has 2 N–H and O–H groups in total. The zero-order valence-corrected chi connectivity index (χ0v) is 13.6. The maximum atomic E-state index is 12.8. The number of hydrogen-bond acceptors (Lipinski definition) is 3. The van der Waals surface area contributed by atoms with Crippen molar-refractivity contribution >= 4 is 17.8 Å². The number of nitrogens with one attached hydrogen (secondary N) is 2. The number of carbonyl (C=O) groups excluding carboxylic acids is 3. The van der Waals surface area contributed by atoms with E-state index in [1.807, 2.05) is 0 Å². The molecule has 1 saturated heterocycles. The van der Waals surface area contributed by atoms with Crippen LogP contribution in [0.3, 0.4) is 0 Å². The van der Waals surface area contributed by atoms with Gasteiger partial charge in [-0.15, -0.1) is 6.58 Å². The summed E-state index contributed by atoms with van der Waals surface area (Å²) in [5.41, 5.74) is -0.862. The molecule has 2 atom stereocenters. The molecule has 1 aliphatic heterocycles. The minimum absolute atomic E-state index is 0.0122. The maximum Gasteiger partial charge on any atom is 0.325 e. The van der Waals surface area contributed by atoms with Gasteiger partial charge in [0.1, 0.15) is 12.1 Å². The fourth-order valence-corrected chi connectivity index (χ4v) is 4.04. The van der Waals surface area contributed by atoms with E-state index in [1.54, 1.807) is 6.08 Å². The molecule has 0 aromatic rings. The van der Waals surface area contributed by atoms with E-state index in [2.05, 4.69) is 38.0 Å². The van der Waals surface area contributed by atoms with Gasteiger partial charge < -0.3 is 10.6 Å². The number of urea groups is 1. The van der Waals surface area contributed by atoms with Gasteiger partial charge in [-0.2, -0.15) is 0 Å². The van der Waals surface area contributed by atoms with Crippen molar-refractivity contribution in [2.75, 3.05) is 13.1 Å². The molecule has 2 fully saturated rings. The highest BCUT2D eigenvalue weighted by molar-refractivity contribution is 6.09. The monoisotopic (exact) mass is 307 g/mol. The number of imide groups is 1. The van der Waals surface area contributed by atoms with Crippen LogP contribution in [0, 0.1) is 11.3 Å². The minimum atomic E-state index is -0.850. The van der Waals surface area contributed by atoms with Crippen LogP contribution in [0.4, 0.5) is 4.79 Å². The molecule has 0 aromatic carbocycles. The number of hydrogen-bond donors (Lipinski definition) is 2. The van der Waals surface area contributed by atoms with E-state index in [4.69, 9.17) is 0 Å². The Labute approximate surface area is 131 Å². The van der Waals surface area contributed by atoms with Crippen molar-refractivity contribution in [3.8, 4) is 0 Å². The largest absolute Gasteiger partial charge is 0.351 e. The molecule has 1 aliphatic carbocycles. The summed E-state index contributed by atoms with van der Waals surface area (Å²) >= 11 is 0. The molecule has 122 valence electrons. The standard InChI is InChI=1S/C16H25N3O3/c1-5-6-17-12(20)9-19-13(21)16(18-14(19)22)8-11(2)7-15(3,4)10-16/h5,11H,1,6-10H2,2-4H3,(H,17,20)(H,18,22). The topological polar surface area (TPSA) is 78.5 Å². The van der Waals surface area contributed by atoms with E-state index < -0.39 is 11.6 Å². The first kappa shape index (κ1) is 16.5. The van der Waals surface area contributed by atoms with E-state index in [-0.39, 0.29) is 23.8 Å². The molecule has 1 saturated carbocycles. The molecular weight excluding hydrogens is 282 g/mol. The molecule has 6 nitrogen and oxygen atoms in total. The first-order chi connectivity index (χ1) is 10.2. The van der Waals surface area contributed by atoms with Crippen LogP contribution in [0.1, 0.15) is 40.0 Å². The van der Waals surface area contributed by atoms with Gasteiger partial charge in [-0.3, -0.25) is 14.5 Å². The molecular formula is C16H25N3O3. The van der Waals surface area contributed by atoms with Crippen molar-refractivity contribution in [2.24, 2.45) is 11.3 Å². The number of rotatable bonds is 4. The Morgan fingerprint density at radius 3 is 2.73 bits per heavy atom. The lowest BCUT2D eigenvalue weighted by molar-refractivity contribution is -0.137. The van der Waals surface area contributed by atoms with Crippen molar-refractivity contribution in [2.45, 2.75) is 45.6 Å². The van der Waals surface area contributed by atoms with Crippen LogP contribution in [0.25, 0.3) is 0 Å². The first-order valence-electron chi connectivity index (χ1n) is 7.71. The smallest absolute Gasteiger partial charge is 0.325 e. The Hall–Kier alpha value is -1.85. The second-order valence-corrected chi connectivity index (χ2v) is 7.35. The zero-order chi connectivity index (χ0) is 16.5.